The molecule has 1 aromatic carbocycles. The van der Waals surface area contributed by atoms with E-state index in [0.717, 1.165) is 5.52 Å². The molecule has 0 unspecified atom stereocenters. The number of nitrogens with zero attached hydrogens (tertiary/aromatic N) is 1. The number of hydrogen-bond acceptors (Lipinski definition) is 4. The quantitative estimate of drug-likeness (QED) is 0.627. The van der Waals surface area contributed by atoms with Crippen LogP contribution in [0.25, 0.3) is 16.6 Å². The molecule has 0 saturated carbocycles. The molecular weight excluding hydrogens is 246 g/mol. The molecule has 5 heteroatoms. The summed E-state index contributed by atoms with van der Waals surface area (Å²) < 4.78 is 12.1. The Morgan fingerprint density at radius 1 is 1.32 bits per heavy atom. The standard InChI is InChI=1S/C14H11NO4/c1-8-12(18-9(2)16)7-15-11-6-4-3-5-10(11)14(17)19-13(8)15/h3-7H,1-2H3. The summed E-state index contributed by atoms with van der Waals surface area (Å²) in [4.78, 5) is 22.9. The number of carbonyl (C=O) groups excluding carboxylic acids is 1. The van der Waals surface area contributed by atoms with Gasteiger partial charge in [0.05, 0.1) is 22.7 Å². The molecule has 19 heavy (non-hydrogen) atoms. The van der Waals surface area contributed by atoms with Crippen LogP contribution in [0.15, 0.2) is 39.7 Å². The first-order valence-corrected chi connectivity index (χ1v) is 5.80. The average Bonchev–Trinajstić information content (AvgIpc) is 2.67. The lowest BCUT2D eigenvalue weighted by atomic mass is 10.2. The zero-order valence-electron chi connectivity index (χ0n) is 10.5. The van der Waals surface area contributed by atoms with Crippen molar-refractivity contribution in [1.29, 1.82) is 0 Å². The Balaban J connectivity index is 2.43. The Kier molecular flexibility index (Phi) is 2.41. The van der Waals surface area contributed by atoms with Gasteiger partial charge in [-0.2, -0.15) is 0 Å². The third-order valence-electron chi connectivity index (χ3n) is 2.98. The van der Waals surface area contributed by atoms with Gasteiger partial charge < -0.3 is 9.15 Å². The Labute approximate surface area is 108 Å². The van der Waals surface area contributed by atoms with Crippen LogP contribution < -0.4 is 10.4 Å². The number of benzene rings is 1. The number of aromatic nitrogens is 1. The monoisotopic (exact) mass is 257 g/mol. The Morgan fingerprint density at radius 3 is 2.79 bits per heavy atom. The summed E-state index contributed by atoms with van der Waals surface area (Å²) in [6.45, 7) is 3.07. The number of hydrogen-bond donors (Lipinski definition) is 0. The molecule has 0 saturated heterocycles. The smallest absolute Gasteiger partial charge is 0.346 e. The molecule has 0 aliphatic rings. The number of para-hydroxylation sites is 1. The molecule has 0 spiro atoms. The predicted molar refractivity (Wildman–Crippen MR) is 69.5 cm³/mol. The molecule has 0 N–H and O–H groups in total. The molecule has 0 amide bonds. The first-order valence-electron chi connectivity index (χ1n) is 5.80. The zero-order valence-corrected chi connectivity index (χ0v) is 10.5. The van der Waals surface area contributed by atoms with Crippen LogP contribution in [0.2, 0.25) is 0 Å². The maximum Gasteiger partial charge on any atom is 0.346 e. The van der Waals surface area contributed by atoms with Crippen LogP contribution in [0.4, 0.5) is 0 Å². The Morgan fingerprint density at radius 2 is 2.05 bits per heavy atom. The maximum absolute atomic E-state index is 11.9. The fourth-order valence-electron chi connectivity index (χ4n) is 2.12. The minimum atomic E-state index is -0.411. The largest absolute Gasteiger partial charge is 0.425 e. The van der Waals surface area contributed by atoms with Crippen LogP contribution in [0.5, 0.6) is 5.75 Å². The Bertz CT molecular complexity index is 857. The molecule has 2 aromatic heterocycles. The summed E-state index contributed by atoms with van der Waals surface area (Å²) >= 11 is 0. The summed E-state index contributed by atoms with van der Waals surface area (Å²) in [5, 5.41) is 0.486. The van der Waals surface area contributed by atoms with E-state index in [1.807, 2.05) is 12.1 Å². The molecule has 0 atom stereocenters. The molecule has 0 aliphatic heterocycles. The molecule has 2 heterocycles. The van der Waals surface area contributed by atoms with Gasteiger partial charge in [0.2, 0.25) is 5.71 Å². The highest BCUT2D eigenvalue weighted by Crippen LogP contribution is 2.27. The van der Waals surface area contributed by atoms with Crippen LogP contribution in [0, 0.1) is 6.92 Å². The summed E-state index contributed by atoms with van der Waals surface area (Å²) in [7, 11) is 0. The number of aryl methyl sites for hydroxylation is 1. The second kappa shape index (κ2) is 3.98. The normalized spacial score (nSPS) is 11.1. The van der Waals surface area contributed by atoms with Crippen molar-refractivity contribution >= 4 is 22.6 Å². The molecule has 0 aliphatic carbocycles. The van der Waals surface area contributed by atoms with Crippen LogP contribution >= 0.6 is 0 Å². The lowest BCUT2D eigenvalue weighted by molar-refractivity contribution is -0.131. The molecule has 3 aromatic rings. The first kappa shape index (κ1) is 11.5. The summed E-state index contributed by atoms with van der Waals surface area (Å²) in [6.07, 6.45) is 1.65. The number of ether oxygens (including phenoxy) is 1. The second-order valence-corrected chi connectivity index (χ2v) is 4.29. The lowest BCUT2D eigenvalue weighted by Crippen LogP contribution is -2.02. The molecule has 3 rings (SSSR count). The fourth-order valence-corrected chi connectivity index (χ4v) is 2.12. The van der Waals surface area contributed by atoms with Gasteiger partial charge in [-0.25, -0.2) is 4.79 Å². The van der Waals surface area contributed by atoms with Gasteiger partial charge in [0.25, 0.3) is 0 Å². The number of esters is 1. The van der Waals surface area contributed by atoms with Gasteiger partial charge in [0, 0.05) is 6.92 Å². The second-order valence-electron chi connectivity index (χ2n) is 4.29. The zero-order chi connectivity index (χ0) is 13.6. The summed E-state index contributed by atoms with van der Waals surface area (Å²) in [5.41, 5.74) is 1.33. The van der Waals surface area contributed by atoms with E-state index in [1.165, 1.54) is 6.92 Å². The van der Waals surface area contributed by atoms with Gasteiger partial charge in [-0.1, -0.05) is 12.1 Å². The number of carbonyl (C=O) groups is 1. The van der Waals surface area contributed by atoms with Gasteiger partial charge in [-0.15, -0.1) is 0 Å². The van der Waals surface area contributed by atoms with Crippen molar-refractivity contribution < 1.29 is 13.9 Å². The Hall–Kier alpha value is -2.56. The van der Waals surface area contributed by atoms with Crippen LogP contribution in [-0.4, -0.2) is 10.4 Å². The van der Waals surface area contributed by atoms with Crippen molar-refractivity contribution in [1.82, 2.24) is 4.40 Å². The number of fused-ring (bicyclic) bond motifs is 3. The highest BCUT2D eigenvalue weighted by molar-refractivity contribution is 5.81. The van der Waals surface area contributed by atoms with E-state index in [9.17, 15) is 9.59 Å². The average molecular weight is 257 g/mol. The van der Waals surface area contributed by atoms with Crippen LogP contribution in [0.1, 0.15) is 12.5 Å². The molecule has 5 nitrogen and oxygen atoms in total. The van der Waals surface area contributed by atoms with E-state index in [4.69, 9.17) is 9.15 Å². The van der Waals surface area contributed by atoms with E-state index in [0.29, 0.717) is 22.4 Å². The summed E-state index contributed by atoms with van der Waals surface area (Å²) in [6, 6.07) is 7.12. The molecule has 0 fully saturated rings. The molecule has 0 bridgehead atoms. The van der Waals surface area contributed by atoms with E-state index < -0.39 is 11.6 Å². The van der Waals surface area contributed by atoms with E-state index in [1.54, 1.807) is 29.7 Å². The maximum atomic E-state index is 11.9. The van der Waals surface area contributed by atoms with Gasteiger partial charge >= 0.3 is 11.6 Å². The lowest BCUT2D eigenvalue weighted by Gasteiger charge is -2.00. The van der Waals surface area contributed by atoms with Crippen molar-refractivity contribution in [2.24, 2.45) is 0 Å². The molecular formula is C14H11NO4. The minimum absolute atomic E-state index is 0.389. The third kappa shape index (κ3) is 1.71. The van der Waals surface area contributed by atoms with E-state index in [2.05, 4.69) is 0 Å². The van der Waals surface area contributed by atoms with Crippen molar-refractivity contribution in [2.45, 2.75) is 13.8 Å². The molecule has 96 valence electrons. The van der Waals surface area contributed by atoms with Crippen molar-refractivity contribution in [3.63, 3.8) is 0 Å². The fraction of sp³-hybridized carbons (Fsp3) is 0.143. The predicted octanol–water partition coefficient (Wildman–Crippen LogP) is 2.28. The van der Waals surface area contributed by atoms with Crippen molar-refractivity contribution in [3.05, 3.63) is 46.4 Å². The highest BCUT2D eigenvalue weighted by atomic mass is 16.5. The van der Waals surface area contributed by atoms with E-state index >= 15 is 0 Å². The van der Waals surface area contributed by atoms with Gasteiger partial charge in [-0.05, 0) is 19.1 Å². The van der Waals surface area contributed by atoms with Crippen LogP contribution in [-0.2, 0) is 4.79 Å². The van der Waals surface area contributed by atoms with Crippen LogP contribution in [0.3, 0.4) is 0 Å². The number of rotatable bonds is 1. The van der Waals surface area contributed by atoms with Crippen molar-refractivity contribution in [3.8, 4) is 5.75 Å². The van der Waals surface area contributed by atoms with Crippen molar-refractivity contribution in [2.75, 3.05) is 0 Å². The van der Waals surface area contributed by atoms with Gasteiger partial charge in [-0.3, -0.25) is 9.20 Å². The van der Waals surface area contributed by atoms with Gasteiger partial charge in [0.1, 0.15) is 0 Å². The minimum Gasteiger partial charge on any atom is -0.425 e. The van der Waals surface area contributed by atoms with E-state index in [-0.39, 0.29) is 0 Å². The van der Waals surface area contributed by atoms with Gasteiger partial charge in [0.15, 0.2) is 5.75 Å². The molecule has 0 radical (unpaired) electrons. The topological polar surface area (TPSA) is 60.9 Å². The first-order chi connectivity index (χ1) is 9.08. The summed E-state index contributed by atoms with van der Waals surface area (Å²) in [5.74, 6) is -0.0161. The third-order valence-corrected chi connectivity index (χ3v) is 2.98. The SMILES string of the molecule is CC(=O)Oc1cn2c(oc(=O)c3ccccc32)c1C. The highest BCUT2D eigenvalue weighted by Gasteiger charge is 2.15.